The van der Waals surface area contributed by atoms with Crippen molar-refractivity contribution in [3.63, 3.8) is 0 Å². The fourth-order valence-electron chi connectivity index (χ4n) is 3.21. The van der Waals surface area contributed by atoms with E-state index < -0.39 is 10.0 Å². The van der Waals surface area contributed by atoms with Gasteiger partial charge in [0.05, 0.1) is 17.2 Å². The lowest BCUT2D eigenvalue weighted by molar-refractivity contribution is 0.294. The van der Waals surface area contributed by atoms with Gasteiger partial charge in [0.25, 0.3) is 10.0 Å². The minimum atomic E-state index is -3.59. The lowest BCUT2D eigenvalue weighted by atomic mass is 10.1. The first-order chi connectivity index (χ1) is 14.5. The molecule has 5 rings (SSSR count). The van der Waals surface area contributed by atoms with Crippen molar-refractivity contribution < 1.29 is 13.2 Å². The first-order valence-corrected chi connectivity index (χ1v) is 10.6. The van der Waals surface area contributed by atoms with Crippen molar-refractivity contribution in [2.45, 2.75) is 11.5 Å². The Labute approximate surface area is 173 Å². The van der Waals surface area contributed by atoms with Crippen LogP contribution in [0.5, 0.6) is 5.88 Å². The third kappa shape index (κ3) is 3.23. The molecule has 0 radical (unpaired) electrons. The van der Waals surface area contributed by atoms with E-state index in [1.807, 2.05) is 48.5 Å². The van der Waals surface area contributed by atoms with Crippen LogP contribution in [-0.2, 0) is 16.6 Å². The van der Waals surface area contributed by atoms with E-state index in [2.05, 4.69) is 20.4 Å². The summed E-state index contributed by atoms with van der Waals surface area (Å²) in [6.45, 7) is 0.397. The maximum Gasteiger partial charge on any atom is 0.263 e. The van der Waals surface area contributed by atoms with Crippen molar-refractivity contribution in [2.24, 2.45) is 0 Å². The van der Waals surface area contributed by atoms with Crippen molar-refractivity contribution in [3.05, 3.63) is 72.6 Å². The van der Waals surface area contributed by atoms with Gasteiger partial charge in [-0.25, -0.2) is 23.4 Å². The number of anilines is 1. The van der Waals surface area contributed by atoms with E-state index >= 15 is 0 Å². The zero-order valence-electron chi connectivity index (χ0n) is 16.0. The smallest absolute Gasteiger partial charge is 0.263 e. The molecule has 0 aliphatic carbocycles. The van der Waals surface area contributed by atoms with E-state index in [0.717, 1.165) is 15.5 Å². The molecule has 0 saturated carbocycles. The van der Waals surface area contributed by atoms with Crippen LogP contribution >= 0.6 is 0 Å². The van der Waals surface area contributed by atoms with Crippen molar-refractivity contribution in [3.8, 4) is 17.0 Å². The Morgan fingerprint density at radius 2 is 1.80 bits per heavy atom. The second kappa shape index (κ2) is 7.05. The Kier molecular flexibility index (Phi) is 4.34. The molecular weight excluding hydrogens is 402 g/mol. The fraction of sp³-hybridized carbons (Fsp3) is 0.0952. The summed E-state index contributed by atoms with van der Waals surface area (Å²) in [4.78, 5) is 13.3. The van der Waals surface area contributed by atoms with Crippen molar-refractivity contribution >= 4 is 26.9 Å². The number of benzene rings is 2. The molecule has 9 heteroatoms. The Morgan fingerprint density at radius 3 is 2.63 bits per heavy atom. The molecule has 4 aromatic rings. The van der Waals surface area contributed by atoms with Crippen molar-refractivity contribution in [1.82, 2.24) is 19.4 Å². The summed E-state index contributed by atoms with van der Waals surface area (Å²) >= 11 is 0. The van der Waals surface area contributed by atoms with Crippen LogP contribution in [-0.4, -0.2) is 34.8 Å². The Bertz CT molecular complexity index is 1360. The number of sulfonamides is 1. The van der Waals surface area contributed by atoms with E-state index in [-0.39, 0.29) is 4.90 Å². The molecule has 0 fully saturated rings. The fourth-order valence-corrected chi connectivity index (χ4v) is 4.34. The van der Waals surface area contributed by atoms with Gasteiger partial charge in [-0.1, -0.05) is 36.4 Å². The van der Waals surface area contributed by atoms with Gasteiger partial charge in [0.15, 0.2) is 5.82 Å². The molecule has 1 aliphatic rings. The highest BCUT2D eigenvalue weighted by Gasteiger charge is 2.33. The van der Waals surface area contributed by atoms with Gasteiger partial charge in [-0.05, 0) is 29.3 Å². The second-order valence-electron chi connectivity index (χ2n) is 6.84. The molecule has 2 aromatic heterocycles. The topological polar surface area (TPSA) is 97.3 Å². The quantitative estimate of drug-likeness (QED) is 0.542. The summed E-state index contributed by atoms with van der Waals surface area (Å²) in [5, 5.41) is 0. The molecule has 0 saturated heterocycles. The zero-order valence-corrected chi connectivity index (χ0v) is 16.8. The van der Waals surface area contributed by atoms with Gasteiger partial charge in [0.1, 0.15) is 11.5 Å². The number of nitrogens with zero attached hydrogens (tertiary/aromatic N) is 4. The Balaban J connectivity index is 1.47. The largest absolute Gasteiger partial charge is 0.472 e. The lowest BCUT2D eigenvalue weighted by Gasteiger charge is -2.08. The first-order valence-electron chi connectivity index (χ1n) is 9.20. The van der Waals surface area contributed by atoms with Crippen LogP contribution in [0.15, 0.2) is 71.9 Å². The normalized spacial score (nSPS) is 15.0. The van der Waals surface area contributed by atoms with Crippen LogP contribution < -0.4 is 10.2 Å². The van der Waals surface area contributed by atoms with Crippen LogP contribution in [0.25, 0.3) is 22.2 Å². The number of fused-ring (bicyclic) bond motifs is 2. The Hall–Kier alpha value is -3.56. The number of aromatic nitrogens is 3. The van der Waals surface area contributed by atoms with Crippen LogP contribution in [0.3, 0.4) is 0 Å². The number of hydrazine groups is 1. The number of ether oxygens (including phenoxy) is 1. The number of rotatable bonds is 4. The average Bonchev–Trinajstić information content (AvgIpc) is 3.00. The van der Waals surface area contributed by atoms with Gasteiger partial charge >= 0.3 is 0 Å². The van der Waals surface area contributed by atoms with E-state index in [1.165, 1.54) is 7.05 Å². The Morgan fingerprint density at radius 1 is 0.967 bits per heavy atom. The van der Waals surface area contributed by atoms with E-state index in [1.54, 1.807) is 18.5 Å². The minimum Gasteiger partial charge on any atom is -0.472 e. The highest BCUT2D eigenvalue weighted by Crippen LogP contribution is 2.33. The predicted octanol–water partition coefficient (Wildman–Crippen LogP) is 3.23. The van der Waals surface area contributed by atoms with Gasteiger partial charge in [-0.3, -0.25) is 5.43 Å². The molecule has 8 nitrogen and oxygen atoms in total. The second-order valence-corrected chi connectivity index (χ2v) is 8.78. The summed E-state index contributed by atoms with van der Waals surface area (Å²) < 4.78 is 31.6. The monoisotopic (exact) mass is 419 g/mol. The summed E-state index contributed by atoms with van der Waals surface area (Å²) in [6, 6.07) is 17.0. The third-order valence-corrected chi connectivity index (χ3v) is 6.52. The molecule has 1 N–H and O–H groups in total. The number of pyridine rings is 1. The molecule has 0 spiro atoms. The van der Waals surface area contributed by atoms with Crippen LogP contribution in [0.4, 0.5) is 5.82 Å². The molecule has 0 unspecified atom stereocenters. The first kappa shape index (κ1) is 18.5. The standard InChI is InChI=1S/C21H17N5O3S/c1-26-25-21-19(30(26,27)28)10-16(11-23-21)15-7-8-17-18(9-15)24-20(12-22-17)29-13-14-5-3-2-4-6-14/h2-12H,13H2,1H3,(H,23,25). The lowest BCUT2D eigenvalue weighted by Crippen LogP contribution is -2.24. The molecule has 0 amide bonds. The van der Waals surface area contributed by atoms with E-state index in [4.69, 9.17) is 4.74 Å². The summed E-state index contributed by atoms with van der Waals surface area (Å²) in [5.74, 6) is 0.738. The van der Waals surface area contributed by atoms with Gasteiger partial charge < -0.3 is 4.74 Å². The summed E-state index contributed by atoms with van der Waals surface area (Å²) in [7, 11) is -2.14. The van der Waals surface area contributed by atoms with Gasteiger partial charge in [0.2, 0.25) is 5.88 Å². The number of nitrogens with one attached hydrogen (secondary N) is 1. The molecule has 0 atom stereocenters. The molecule has 1 aliphatic heterocycles. The number of hydrogen-bond donors (Lipinski definition) is 1. The van der Waals surface area contributed by atoms with Gasteiger partial charge in [-0.2, -0.15) is 0 Å². The third-order valence-electron chi connectivity index (χ3n) is 4.84. The summed E-state index contributed by atoms with van der Waals surface area (Å²) in [5.41, 5.74) is 6.60. The van der Waals surface area contributed by atoms with Crippen molar-refractivity contribution in [1.29, 1.82) is 0 Å². The SMILES string of the molecule is CN1Nc2ncc(-c3ccc4ncc(OCc5ccccc5)nc4c3)cc2S1(=O)=O. The van der Waals surface area contributed by atoms with Gasteiger partial charge in [0, 0.05) is 18.8 Å². The minimum absolute atomic E-state index is 0.147. The van der Waals surface area contributed by atoms with Crippen LogP contribution in [0, 0.1) is 0 Å². The maximum atomic E-state index is 12.4. The van der Waals surface area contributed by atoms with Crippen LogP contribution in [0.1, 0.15) is 5.56 Å². The zero-order chi connectivity index (χ0) is 20.7. The molecule has 2 aromatic carbocycles. The highest BCUT2D eigenvalue weighted by atomic mass is 32.2. The average molecular weight is 419 g/mol. The summed E-state index contributed by atoms with van der Waals surface area (Å²) in [6.07, 6.45) is 3.22. The molecule has 0 bridgehead atoms. The van der Waals surface area contributed by atoms with Crippen LogP contribution in [0.2, 0.25) is 0 Å². The van der Waals surface area contributed by atoms with E-state index in [9.17, 15) is 8.42 Å². The molecular formula is C21H17N5O3S. The molecule has 3 heterocycles. The van der Waals surface area contributed by atoms with E-state index in [0.29, 0.717) is 34.9 Å². The van der Waals surface area contributed by atoms with Crippen molar-refractivity contribution in [2.75, 3.05) is 12.5 Å². The van der Waals surface area contributed by atoms with Gasteiger partial charge in [-0.15, -0.1) is 4.41 Å². The molecule has 150 valence electrons. The molecule has 30 heavy (non-hydrogen) atoms. The maximum absolute atomic E-state index is 12.4. The predicted molar refractivity (Wildman–Crippen MR) is 112 cm³/mol. The number of hydrogen-bond acceptors (Lipinski definition) is 7. The highest BCUT2D eigenvalue weighted by molar-refractivity contribution is 7.89.